The standard InChI is InChI=1S/C19H18F4N2OS/c1-18-15(13-5-3-2-4-6-14(13)27-18)16(26)25(17(24-18)19(21,22)23)12-9-7-11(20)8-10-12/h7-10,15H,2-6H2,1H3. The normalized spacial score (nSPS) is 28.6. The topological polar surface area (TPSA) is 32.7 Å². The van der Waals surface area contributed by atoms with Gasteiger partial charge in [0, 0.05) is 0 Å². The fourth-order valence-electron chi connectivity index (χ4n) is 4.12. The zero-order valence-electron chi connectivity index (χ0n) is 14.6. The smallest absolute Gasteiger partial charge is 0.273 e. The lowest BCUT2D eigenvalue weighted by atomic mass is 9.86. The molecule has 0 saturated heterocycles. The van der Waals surface area contributed by atoms with E-state index >= 15 is 0 Å². The first kappa shape index (κ1) is 18.5. The first-order valence-electron chi connectivity index (χ1n) is 8.88. The molecular formula is C19H18F4N2OS. The molecule has 0 spiro atoms. The molecule has 2 unspecified atom stereocenters. The van der Waals surface area contributed by atoms with Crippen LogP contribution in [0.3, 0.4) is 0 Å². The Bertz CT molecular complexity index is 846. The van der Waals surface area contributed by atoms with Crippen LogP contribution in [0.1, 0.15) is 39.0 Å². The lowest BCUT2D eigenvalue weighted by Gasteiger charge is -2.39. The lowest BCUT2D eigenvalue weighted by molar-refractivity contribution is -0.123. The fraction of sp³-hybridized carbons (Fsp3) is 0.474. The number of hydrogen-bond acceptors (Lipinski definition) is 3. The van der Waals surface area contributed by atoms with Crippen LogP contribution in [0.2, 0.25) is 0 Å². The highest BCUT2D eigenvalue weighted by Crippen LogP contribution is 2.57. The maximum Gasteiger partial charge on any atom is 0.449 e. The van der Waals surface area contributed by atoms with Crippen molar-refractivity contribution in [2.24, 2.45) is 10.9 Å². The number of carbonyl (C=O) groups is 1. The number of nitrogens with zero attached hydrogens (tertiary/aromatic N) is 2. The second-order valence-electron chi connectivity index (χ2n) is 7.18. The third kappa shape index (κ3) is 3.07. The highest BCUT2D eigenvalue weighted by atomic mass is 32.2. The van der Waals surface area contributed by atoms with E-state index in [0.717, 1.165) is 48.3 Å². The summed E-state index contributed by atoms with van der Waals surface area (Å²) in [6.45, 7) is 1.61. The Morgan fingerprint density at radius 1 is 1.15 bits per heavy atom. The maximum absolute atomic E-state index is 13.8. The van der Waals surface area contributed by atoms with Crippen molar-refractivity contribution < 1.29 is 22.4 Å². The highest BCUT2D eigenvalue weighted by Gasteiger charge is 2.58. The van der Waals surface area contributed by atoms with Gasteiger partial charge in [-0.25, -0.2) is 9.38 Å². The van der Waals surface area contributed by atoms with Crippen molar-refractivity contribution in [2.45, 2.75) is 50.1 Å². The van der Waals surface area contributed by atoms with Crippen LogP contribution in [0.5, 0.6) is 0 Å². The first-order chi connectivity index (χ1) is 12.7. The predicted molar refractivity (Wildman–Crippen MR) is 97.0 cm³/mol. The number of allylic oxidation sites excluding steroid dienone is 1. The number of anilines is 1. The van der Waals surface area contributed by atoms with Gasteiger partial charge < -0.3 is 0 Å². The van der Waals surface area contributed by atoms with Crippen molar-refractivity contribution in [3.8, 4) is 0 Å². The number of aliphatic imine (C=N–C) groups is 1. The molecule has 1 amide bonds. The van der Waals surface area contributed by atoms with E-state index in [1.165, 1.54) is 23.9 Å². The quantitative estimate of drug-likeness (QED) is 0.591. The molecule has 3 aliphatic rings. The Balaban J connectivity index is 1.85. The second kappa shape index (κ2) is 6.36. The number of halogens is 4. The largest absolute Gasteiger partial charge is 0.449 e. The summed E-state index contributed by atoms with van der Waals surface area (Å²) in [6.07, 6.45) is -0.357. The highest BCUT2D eigenvalue weighted by molar-refractivity contribution is 8.04. The van der Waals surface area contributed by atoms with Gasteiger partial charge in [0.1, 0.15) is 10.7 Å². The summed E-state index contributed by atoms with van der Waals surface area (Å²) in [6, 6.07) is 4.46. The first-order valence-corrected chi connectivity index (χ1v) is 9.70. The van der Waals surface area contributed by atoms with Crippen LogP contribution in [0.25, 0.3) is 0 Å². The molecule has 1 aromatic carbocycles. The van der Waals surface area contributed by atoms with Gasteiger partial charge in [0.05, 0.1) is 11.6 Å². The van der Waals surface area contributed by atoms with Gasteiger partial charge in [-0.2, -0.15) is 13.2 Å². The molecule has 144 valence electrons. The molecule has 1 aliphatic carbocycles. The summed E-state index contributed by atoms with van der Waals surface area (Å²) in [4.78, 5) is 17.8. The predicted octanol–water partition coefficient (Wildman–Crippen LogP) is 5.43. The minimum absolute atomic E-state index is 0.0211. The molecule has 0 N–H and O–H groups in total. The molecule has 1 aromatic rings. The van der Waals surface area contributed by atoms with E-state index in [9.17, 15) is 22.4 Å². The van der Waals surface area contributed by atoms with E-state index in [4.69, 9.17) is 0 Å². The summed E-state index contributed by atoms with van der Waals surface area (Å²) < 4.78 is 54.6. The number of fused-ring (bicyclic) bond motifs is 2. The minimum atomic E-state index is -4.79. The van der Waals surface area contributed by atoms with Crippen molar-refractivity contribution in [1.82, 2.24) is 0 Å². The zero-order valence-corrected chi connectivity index (χ0v) is 15.5. The average molecular weight is 398 g/mol. The molecule has 27 heavy (non-hydrogen) atoms. The Hall–Kier alpha value is -1.83. The Kier molecular flexibility index (Phi) is 4.36. The van der Waals surface area contributed by atoms with Crippen LogP contribution < -0.4 is 4.90 Å². The molecular weight excluding hydrogens is 380 g/mol. The number of thioether (sulfide) groups is 1. The molecule has 3 nitrogen and oxygen atoms in total. The van der Waals surface area contributed by atoms with Gasteiger partial charge in [0.25, 0.3) is 0 Å². The summed E-state index contributed by atoms with van der Waals surface area (Å²) in [5, 5.41) is 0. The third-order valence-electron chi connectivity index (χ3n) is 5.27. The second-order valence-corrected chi connectivity index (χ2v) is 8.71. The number of carbonyl (C=O) groups excluding carboxylic acids is 1. The third-order valence-corrected chi connectivity index (χ3v) is 6.72. The molecule has 0 radical (unpaired) electrons. The van der Waals surface area contributed by atoms with Crippen LogP contribution in [-0.4, -0.2) is 22.8 Å². The molecule has 8 heteroatoms. The minimum Gasteiger partial charge on any atom is -0.273 e. The number of hydrogen-bond donors (Lipinski definition) is 0. The van der Waals surface area contributed by atoms with Gasteiger partial charge >= 0.3 is 6.18 Å². The lowest BCUT2D eigenvalue weighted by Crippen LogP contribution is -2.56. The molecule has 0 saturated carbocycles. The molecule has 0 bridgehead atoms. The molecule has 0 aromatic heterocycles. The van der Waals surface area contributed by atoms with Crippen molar-refractivity contribution >= 4 is 29.2 Å². The van der Waals surface area contributed by atoms with E-state index in [1.807, 2.05) is 0 Å². The molecule has 4 rings (SSSR count). The van der Waals surface area contributed by atoms with E-state index in [-0.39, 0.29) is 5.69 Å². The monoisotopic (exact) mass is 398 g/mol. The van der Waals surface area contributed by atoms with E-state index in [1.54, 1.807) is 6.92 Å². The van der Waals surface area contributed by atoms with Gasteiger partial charge in [-0.3, -0.25) is 9.69 Å². The van der Waals surface area contributed by atoms with Crippen molar-refractivity contribution in [3.05, 3.63) is 40.6 Å². The van der Waals surface area contributed by atoms with Gasteiger partial charge in [0.15, 0.2) is 0 Å². The molecule has 0 fully saturated rings. The molecule has 2 atom stereocenters. The van der Waals surface area contributed by atoms with Crippen molar-refractivity contribution in [1.29, 1.82) is 0 Å². The van der Waals surface area contributed by atoms with Crippen LogP contribution in [-0.2, 0) is 4.79 Å². The Labute approximate surface area is 158 Å². The summed E-state index contributed by atoms with van der Waals surface area (Å²) >= 11 is 1.30. The number of amides is 1. The Morgan fingerprint density at radius 2 is 1.81 bits per heavy atom. The molecule has 2 aliphatic heterocycles. The number of rotatable bonds is 1. The Morgan fingerprint density at radius 3 is 2.48 bits per heavy atom. The maximum atomic E-state index is 13.8. The van der Waals surface area contributed by atoms with E-state index in [2.05, 4.69) is 4.99 Å². The van der Waals surface area contributed by atoms with Crippen LogP contribution in [0, 0.1) is 11.7 Å². The van der Waals surface area contributed by atoms with Crippen molar-refractivity contribution in [3.63, 3.8) is 0 Å². The van der Waals surface area contributed by atoms with E-state index < -0.39 is 34.5 Å². The van der Waals surface area contributed by atoms with Gasteiger partial charge in [-0.05, 0) is 67.4 Å². The van der Waals surface area contributed by atoms with Gasteiger partial charge in [-0.15, -0.1) is 0 Å². The number of alkyl halides is 3. The number of amidine groups is 1. The molecule has 2 heterocycles. The van der Waals surface area contributed by atoms with Crippen molar-refractivity contribution in [2.75, 3.05) is 4.90 Å². The van der Waals surface area contributed by atoms with Gasteiger partial charge in [-0.1, -0.05) is 18.2 Å². The summed E-state index contributed by atoms with van der Waals surface area (Å²) in [5.74, 6) is -3.16. The van der Waals surface area contributed by atoms with Crippen LogP contribution in [0.4, 0.5) is 23.2 Å². The van der Waals surface area contributed by atoms with Crippen LogP contribution >= 0.6 is 11.8 Å². The summed E-state index contributed by atoms with van der Waals surface area (Å²) in [7, 11) is 0. The van der Waals surface area contributed by atoms with E-state index in [0.29, 0.717) is 11.3 Å². The summed E-state index contributed by atoms with van der Waals surface area (Å²) in [5.41, 5.74) is 0.911. The zero-order chi connectivity index (χ0) is 19.4. The van der Waals surface area contributed by atoms with Crippen LogP contribution in [0.15, 0.2) is 39.7 Å². The SMILES string of the molecule is CC12N=C(C(F)(F)F)N(c3ccc(F)cc3)C(=O)C1C1=C(CCCCC1)S2. The fourth-order valence-corrected chi connectivity index (χ4v) is 5.71. The van der Waals surface area contributed by atoms with Gasteiger partial charge in [0.2, 0.25) is 11.7 Å². The average Bonchev–Trinajstić information content (AvgIpc) is 2.71. The number of benzene rings is 1.